The van der Waals surface area contributed by atoms with Crippen LogP contribution in [0.15, 0.2) is 48.1 Å². The van der Waals surface area contributed by atoms with Gasteiger partial charge in [0.2, 0.25) is 0 Å². The summed E-state index contributed by atoms with van der Waals surface area (Å²) in [6, 6.07) is 0. The number of rotatable bonds is 4. The maximum Gasteiger partial charge on any atom is 0.00144 e. The van der Waals surface area contributed by atoms with Crippen molar-refractivity contribution in [2.75, 3.05) is 0 Å². The first-order chi connectivity index (χ1) is 12.4. The highest BCUT2D eigenvalue weighted by Gasteiger charge is 2.54. The van der Waals surface area contributed by atoms with Crippen LogP contribution in [-0.4, -0.2) is 0 Å². The predicted octanol–water partition coefficient (Wildman–Crippen LogP) is 7.50. The quantitative estimate of drug-likeness (QED) is 0.460. The molecule has 3 saturated carbocycles. The van der Waals surface area contributed by atoms with Crippen molar-refractivity contribution in [2.24, 2.45) is 40.9 Å². The molecule has 3 fully saturated rings. The lowest BCUT2D eigenvalue weighted by molar-refractivity contribution is 0.0390. The van der Waals surface area contributed by atoms with Crippen LogP contribution in [0.25, 0.3) is 0 Å². The monoisotopic (exact) mass is 350 g/mol. The van der Waals surface area contributed by atoms with Gasteiger partial charge in [-0.1, -0.05) is 63.3 Å². The van der Waals surface area contributed by atoms with E-state index >= 15 is 0 Å². The van der Waals surface area contributed by atoms with Crippen molar-refractivity contribution in [1.29, 1.82) is 0 Å². The second kappa shape index (κ2) is 6.84. The van der Waals surface area contributed by atoms with Crippen molar-refractivity contribution in [1.82, 2.24) is 0 Å². The third-order valence-electron chi connectivity index (χ3n) is 8.62. The molecule has 0 spiro atoms. The minimum absolute atomic E-state index is 0.414. The Morgan fingerprint density at radius 2 is 1.96 bits per heavy atom. The zero-order chi connectivity index (χ0) is 18.5. The van der Waals surface area contributed by atoms with Crippen LogP contribution in [0.2, 0.25) is 0 Å². The van der Waals surface area contributed by atoms with Crippen LogP contribution in [0.1, 0.15) is 72.1 Å². The Morgan fingerprint density at radius 3 is 2.73 bits per heavy atom. The van der Waals surface area contributed by atoms with E-state index in [0.717, 1.165) is 35.5 Å². The molecule has 0 aliphatic heterocycles. The smallest absolute Gasteiger partial charge is 0.00144 e. The largest absolute Gasteiger partial charge is 0.0993 e. The molecule has 4 aliphatic carbocycles. The maximum atomic E-state index is 4.62. The van der Waals surface area contributed by atoms with E-state index in [1.54, 1.807) is 11.1 Å². The maximum absolute atomic E-state index is 4.62. The first-order valence-corrected chi connectivity index (χ1v) is 11.2. The van der Waals surface area contributed by atoms with Gasteiger partial charge in [0.15, 0.2) is 0 Å². The molecule has 5 unspecified atom stereocenters. The van der Waals surface area contributed by atoms with Crippen LogP contribution in [-0.2, 0) is 0 Å². The van der Waals surface area contributed by atoms with Gasteiger partial charge in [0.05, 0.1) is 0 Å². The molecule has 0 heterocycles. The Balaban J connectivity index is 1.51. The fourth-order valence-electron chi connectivity index (χ4n) is 7.06. The van der Waals surface area contributed by atoms with Gasteiger partial charge in [0.1, 0.15) is 0 Å². The number of fused-ring (bicyclic) bond motifs is 5. The van der Waals surface area contributed by atoms with Crippen molar-refractivity contribution in [3.63, 3.8) is 0 Å². The summed E-state index contributed by atoms with van der Waals surface area (Å²) >= 11 is 0. The van der Waals surface area contributed by atoms with Crippen molar-refractivity contribution in [2.45, 2.75) is 72.1 Å². The third kappa shape index (κ3) is 2.98. The van der Waals surface area contributed by atoms with Crippen molar-refractivity contribution in [3.05, 3.63) is 48.1 Å². The van der Waals surface area contributed by atoms with E-state index in [1.165, 1.54) is 56.9 Å². The molecule has 6 atom stereocenters. The van der Waals surface area contributed by atoms with E-state index < -0.39 is 0 Å². The minimum Gasteiger partial charge on any atom is -0.0993 e. The summed E-state index contributed by atoms with van der Waals surface area (Å²) < 4.78 is 0. The van der Waals surface area contributed by atoms with Gasteiger partial charge < -0.3 is 0 Å². The Hall–Kier alpha value is -1.04. The van der Waals surface area contributed by atoms with Gasteiger partial charge in [0.25, 0.3) is 0 Å². The SMILES string of the molecule is C=C1C=CC2C(=C1)CCC1C2CCC2C1CC[C@]2(C)C(=C)CCC(C)C. The Morgan fingerprint density at radius 1 is 1.15 bits per heavy atom. The van der Waals surface area contributed by atoms with Gasteiger partial charge >= 0.3 is 0 Å². The van der Waals surface area contributed by atoms with Crippen LogP contribution < -0.4 is 0 Å². The van der Waals surface area contributed by atoms with Gasteiger partial charge in [-0.05, 0) is 91.9 Å². The zero-order valence-electron chi connectivity index (χ0n) is 17.3. The first kappa shape index (κ1) is 18.3. The van der Waals surface area contributed by atoms with Gasteiger partial charge in [-0.15, -0.1) is 0 Å². The van der Waals surface area contributed by atoms with Crippen LogP contribution in [0.5, 0.6) is 0 Å². The molecule has 142 valence electrons. The molecule has 0 N–H and O–H groups in total. The topological polar surface area (TPSA) is 0 Å². The summed E-state index contributed by atoms with van der Waals surface area (Å²) in [7, 11) is 0. The lowest BCUT2D eigenvalue weighted by atomic mass is 9.54. The number of hydrogen-bond acceptors (Lipinski definition) is 0. The lowest BCUT2D eigenvalue weighted by Crippen LogP contribution is -2.42. The van der Waals surface area contributed by atoms with E-state index in [2.05, 4.69) is 52.2 Å². The molecule has 0 heteroatoms. The average molecular weight is 351 g/mol. The van der Waals surface area contributed by atoms with Crippen LogP contribution in [0.4, 0.5) is 0 Å². The molecular weight excluding hydrogens is 312 g/mol. The highest BCUT2D eigenvalue weighted by atomic mass is 14.6. The van der Waals surface area contributed by atoms with E-state index in [0.29, 0.717) is 5.41 Å². The molecule has 0 nitrogen and oxygen atoms in total. The van der Waals surface area contributed by atoms with E-state index in [1.807, 2.05) is 0 Å². The summed E-state index contributed by atoms with van der Waals surface area (Å²) in [5.74, 6) is 5.21. The summed E-state index contributed by atoms with van der Waals surface area (Å²) in [6.07, 6.45) is 18.1. The van der Waals surface area contributed by atoms with Crippen LogP contribution >= 0.6 is 0 Å². The summed E-state index contributed by atoms with van der Waals surface area (Å²) in [6.45, 7) is 16.0. The Bertz CT molecular complexity index is 645. The van der Waals surface area contributed by atoms with Gasteiger partial charge in [0, 0.05) is 5.92 Å². The zero-order valence-corrected chi connectivity index (χ0v) is 17.3. The fourth-order valence-corrected chi connectivity index (χ4v) is 7.06. The van der Waals surface area contributed by atoms with Crippen molar-refractivity contribution >= 4 is 0 Å². The highest BCUT2D eigenvalue weighted by molar-refractivity contribution is 5.40. The van der Waals surface area contributed by atoms with Gasteiger partial charge in [-0.25, -0.2) is 0 Å². The molecule has 0 aromatic heterocycles. The fraction of sp³-hybridized carbons (Fsp3) is 0.692. The van der Waals surface area contributed by atoms with E-state index in [-0.39, 0.29) is 0 Å². The van der Waals surface area contributed by atoms with Gasteiger partial charge in [-0.3, -0.25) is 0 Å². The number of hydrogen-bond donors (Lipinski definition) is 0. The normalized spacial score (nSPS) is 41.5. The van der Waals surface area contributed by atoms with Crippen molar-refractivity contribution in [3.8, 4) is 0 Å². The van der Waals surface area contributed by atoms with E-state index in [9.17, 15) is 0 Å². The van der Waals surface area contributed by atoms with Gasteiger partial charge in [-0.2, -0.15) is 0 Å². The number of allylic oxidation sites excluding steroid dienone is 6. The molecule has 4 rings (SSSR count). The highest BCUT2D eigenvalue weighted by Crippen LogP contribution is 2.63. The molecule has 0 amide bonds. The van der Waals surface area contributed by atoms with E-state index in [4.69, 9.17) is 0 Å². The molecule has 0 bridgehead atoms. The Labute approximate surface area is 161 Å². The predicted molar refractivity (Wildman–Crippen MR) is 113 cm³/mol. The summed E-state index contributed by atoms with van der Waals surface area (Å²) in [5.41, 5.74) is 4.87. The Kier molecular flexibility index (Phi) is 4.82. The van der Waals surface area contributed by atoms with Crippen molar-refractivity contribution < 1.29 is 0 Å². The lowest BCUT2D eigenvalue weighted by Gasteiger charge is -2.50. The van der Waals surface area contributed by atoms with Crippen LogP contribution in [0.3, 0.4) is 0 Å². The molecular formula is C26H38. The summed E-state index contributed by atoms with van der Waals surface area (Å²) in [4.78, 5) is 0. The van der Waals surface area contributed by atoms with Crippen LogP contribution in [0, 0.1) is 40.9 Å². The third-order valence-corrected chi connectivity index (χ3v) is 8.62. The molecule has 26 heavy (non-hydrogen) atoms. The summed E-state index contributed by atoms with van der Waals surface area (Å²) in [5, 5.41) is 0. The molecule has 0 saturated heterocycles. The molecule has 0 aromatic rings. The minimum atomic E-state index is 0.414. The first-order valence-electron chi connectivity index (χ1n) is 11.2. The molecule has 4 aliphatic rings. The second-order valence-electron chi connectivity index (χ2n) is 10.4. The molecule has 0 radical (unpaired) electrons. The standard InChI is InChI=1S/C26H38/c1-17(2)6-8-19(4)26(5)15-14-24-23-11-9-20-16-18(3)7-10-21(20)22(23)12-13-25(24)26/h7,10,16-17,21-25H,3-4,6,8-9,11-15H2,1-2,5H3/t21?,22?,23?,24?,25?,26-/m1/s1. The second-order valence-corrected chi connectivity index (χ2v) is 10.4. The average Bonchev–Trinajstić information content (AvgIpc) is 2.97. The molecule has 0 aromatic carbocycles.